The second-order valence-corrected chi connectivity index (χ2v) is 34.1. The lowest BCUT2D eigenvalue weighted by Crippen LogP contribution is -2.30. The van der Waals surface area contributed by atoms with Crippen molar-refractivity contribution in [1.82, 2.24) is 0 Å². The van der Waals surface area contributed by atoms with Gasteiger partial charge >= 0.3 is 39.5 Å². The number of phosphoric acid groups is 2. The predicted octanol–water partition coefficient (Wildman–Crippen LogP) is 25.6. The van der Waals surface area contributed by atoms with Crippen LogP contribution in [0.4, 0.5) is 0 Å². The third-order valence-electron chi connectivity index (χ3n) is 20.2. The van der Waals surface area contributed by atoms with Gasteiger partial charge in [0, 0.05) is 25.7 Å². The lowest BCUT2D eigenvalue weighted by Gasteiger charge is -2.21. The summed E-state index contributed by atoms with van der Waals surface area (Å²) in [6.45, 7) is 12.0. The van der Waals surface area contributed by atoms with E-state index in [1.165, 1.54) is 218 Å². The van der Waals surface area contributed by atoms with Crippen LogP contribution in [0.3, 0.4) is 0 Å². The molecule has 0 aromatic carbocycles. The normalized spacial score (nSPS) is 14.5. The molecule has 0 heterocycles. The number of carbonyl (C=O) groups is 4. The molecule has 7 atom stereocenters. The van der Waals surface area contributed by atoms with Gasteiger partial charge in [-0.25, -0.2) is 9.13 Å². The molecule has 19 heteroatoms. The molecule has 0 saturated carbocycles. The van der Waals surface area contributed by atoms with Crippen molar-refractivity contribution in [2.45, 2.75) is 446 Å². The van der Waals surface area contributed by atoms with Crippen molar-refractivity contribution in [1.29, 1.82) is 0 Å². The number of unbranched alkanes of at least 4 members (excludes halogenated alkanes) is 45. The molecule has 17 nitrogen and oxygen atoms in total. The maximum absolute atomic E-state index is 13.1. The minimum absolute atomic E-state index is 0.0854. The molecule has 105 heavy (non-hydrogen) atoms. The highest BCUT2D eigenvalue weighted by molar-refractivity contribution is 7.47. The average Bonchev–Trinajstić information content (AvgIpc) is 0.932. The zero-order valence-electron chi connectivity index (χ0n) is 68.7. The summed E-state index contributed by atoms with van der Waals surface area (Å²) in [5.41, 5.74) is 0. The lowest BCUT2D eigenvalue weighted by atomic mass is 9.99. The van der Waals surface area contributed by atoms with Gasteiger partial charge in [0.05, 0.1) is 26.4 Å². The number of ether oxygens (including phenoxy) is 4. The first-order valence-corrected chi connectivity index (χ1v) is 46.7. The Balaban J connectivity index is 5.23. The number of hydrogen-bond donors (Lipinski definition) is 3. The maximum Gasteiger partial charge on any atom is 0.472 e. The van der Waals surface area contributed by atoms with Crippen molar-refractivity contribution >= 4 is 39.5 Å². The Kier molecular flexibility index (Phi) is 73.8. The molecule has 0 aliphatic heterocycles. The van der Waals surface area contributed by atoms with Crippen LogP contribution in [0.1, 0.15) is 427 Å². The van der Waals surface area contributed by atoms with E-state index in [1.807, 2.05) is 0 Å². The van der Waals surface area contributed by atoms with Gasteiger partial charge in [-0.2, -0.15) is 0 Å². The molecule has 620 valence electrons. The first-order valence-electron chi connectivity index (χ1n) is 43.7. The molecule has 0 aromatic heterocycles. The fourth-order valence-corrected chi connectivity index (χ4v) is 14.3. The number of phosphoric ester groups is 2. The highest BCUT2D eigenvalue weighted by Gasteiger charge is 2.30. The fourth-order valence-electron chi connectivity index (χ4n) is 12.8. The summed E-state index contributed by atoms with van der Waals surface area (Å²) in [4.78, 5) is 73.2. The number of carbonyl (C=O) groups excluding carboxylic acids is 4. The van der Waals surface area contributed by atoms with E-state index < -0.39 is 97.5 Å². The van der Waals surface area contributed by atoms with Crippen LogP contribution in [0.15, 0.2) is 24.3 Å². The van der Waals surface area contributed by atoms with E-state index in [4.69, 9.17) is 37.0 Å². The summed E-state index contributed by atoms with van der Waals surface area (Å²) in [6, 6.07) is 0. The second-order valence-electron chi connectivity index (χ2n) is 31.2. The van der Waals surface area contributed by atoms with Gasteiger partial charge in [0.25, 0.3) is 0 Å². The summed E-state index contributed by atoms with van der Waals surface area (Å²) >= 11 is 0. The number of aliphatic hydroxyl groups is 1. The molecule has 0 saturated heterocycles. The first-order chi connectivity index (χ1) is 50.8. The van der Waals surface area contributed by atoms with Gasteiger partial charge in [0.15, 0.2) is 12.2 Å². The van der Waals surface area contributed by atoms with Crippen molar-refractivity contribution in [3.8, 4) is 0 Å². The highest BCUT2D eigenvalue weighted by atomic mass is 31.2. The van der Waals surface area contributed by atoms with Crippen molar-refractivity contribution in [3.05, 3.63) is 24.3 Å². The number of aliphatic hydroxyl groups excluding tert-OH is 1. The van der Waals surface area contributed by atoms with E-state index in [0.29, 0.717) is 25.7 Å². The smallest absolute Gasteiger partial charge is 0.462 e. The van der Waals surface area contributed by atoms with Gasteiger partial charge in [-0.05, 0) is 69.1 Å². The lowest BCUT2D eigenvalue weighted by molar-refractivity contribution is -0.161. The van der Waals surface area contributed by atoms with Gasteiger partial charge in [-0.3, -0.25) is 37.3 Å². The zero-order chi connectivity index (χ0) is 77.2. The van der Waals surface area contributed by atoms with E-state index in [1.54, 1.807) is 0 Å². The Labute approximate surface area is 643 Å². The molecule has 0 aliphatic carbocycles. The van der Waals surface area contributed by atoms with Crippen LogP contribution < -0.4 is 0 Å². The summed E-state index contributed by atoms with van der Waals surface area (Å²) in [5, 5.41) is 10.7. The van der Waals surface area contributed by atoms with Crippen LogP contribution in [-0.2, 0) is 65.4 Å². The van der Waals surface area contributed by atoms with Crippen LogP contribution in [-0.4, -0.2) is 96.7 Å². The quantitative estimate of drug-likeness (QED) is 0.0169. The van der Waals surface area contributed by atoms with E-state index in [0.717, 1.165) is 127 Å². The molecule has 0 spiro atoms. The Morgan fingerprint density at radius 2 is 0.562 bits per heavy atom. The molecule has 0 aromatic rings. The topological polar surface area (TPSA) is 237 Å². The van der Waals surface area contributed by atoms with Crippen LogP contribution in [0.25, 0.3) is 0 Å². The Morgan fingerprint density at radius 1 is 0.314 bits per heavy atom. The molecule has 0 radical (unpaired) electrons. The predicted molar refractivity (Wildman–Crippen MR) is 432 cm³/mol. The third-order valence-corrected chi connectivity index (χ3v) is 22.1. The molecule has 3 N–H and O–H groups in total. The molecule has 0 bridgehead atoms. The Bertz CT molecular complexity index is 2130. The molecular formula is C86H164O17P2. The Hall–Kier alpha value is -2.46. The third kappa shape index (κ3) is 76.7. The van der Waals surface area contributed by atoms with Gasteiger partial charge in [0.2, 0.25) is 0 Å². The van der Waals surface area contributed by atoms with Gasteiger partial charge < -0.3 is 33.8 Å². The fraction of sp³-hybridized carbons (Fsp3) is 0.907. The summed E-state index contributed by atoms with van der Waals surface area (Å²) in [7, 11) is -9.94. The molecule has 0 rings (SSSR count). The SMILES string of the molecule is CCCCCC/C=C\C=C/CCCCCCCC(=O)O[C@H](COC(=O)CCCCCCCCCCCCCCCCCCCCC(C)CC)COP(=O)(O)OC[C@@H](O)COP(=O)(O)OC[C@@H](COC(=O)CCCCCCCCC(C)CC)OC(=O)CCCCCCCCCCCCCCCCCC(C)C. The molecule has 4 unspecified atom stereocenters. The van der Waals surface area contributed by atoms with Gasteiger partial charge in [-0.1, -0.05) is 375 Å². The molecular weight excluding hydrogens is 1370 g/mol. The van der Waals surface area contributed by atoms with E-state index in [-0.39, 0.29) is 25.7 Å². The maximum atomic E-state index is 13.1. The van der Waals surface area contributed by atoms with Gasteiger partial charge in [-0.15, -0.1) is 0 Å². The number of esters is 4. The monoisotopic (exact) mass is 1530 g/mol. The van der Waals surface area contributed by atoms with Crippen LogP contribution in [0, 0.1) is 17.8 Å². The number of rotatable bonds is 82. The van der Waals surface area contributed by atoms with E-state index in [2.05, 4.69) is 72.8 Å². The molecule has 0 fully saturated rings. The average molecular weight is 1530 g/mol. The molecule has 0 aliphatic rings. The minimum atomic E-state index is -4.97. The summed E-state index contributed by atoms with van der Waals surface area (Å²) in [6.07, 6.45) is 68.9. The molecule has 0 amide bonds. The summed E-state index contributed by atoms with van der Waals surface area (Å²) < 4.78 is 68.8. The zero-order valence-corrected chi connectivity index (χ0v) is 70.5. The largest absolute Gasteiger partial charge is 0.472 e. The highest BCUT2D eigenvalue weighted by Crippen LogP contribution is 2.45. The van der Waals surface area contributed by atoms with Crippen molar-refractivity contribution < 1.29 is 80.2 Å². The van der Waals surface area contributed by atoms with Crippen molar-refractivity contribution in [2.24, 2.45) is 17.8 Å². The van der Waals surface area contributed by atoms with E-state index >= 15 is 0 Å². The summed E-state index contributed by atoms with van der Waals surface area (Å²) in [5.74, 6) is 0.265. The van der Waals surface area contributed by atoms with Crippen molar-refractivity contribution in [3.63, 3.8) is 0 Å². The number of hydrogen-bond acceptors (Lipinski definition) is 15. The second kappa shape index (κ2) is 75.6. The van der Waals surface area contributed by atoms with Crippen molar-refractivity contribution in [2.75, 3.05) is 39.6 Å². The standard InChI is InChI=1S/C86H164O17P2/c1-8-11-12-13-14-15-16-17-23-31-36-41-46-55-62-69-85(90)102-81(73-96-83(88)67-60-53-45-40-35-30-26-21-19-18-20-25-29-34-39-44-51-58-65-78(6)9-2)75-100-104(92,93)98-71-80(87)72-99-105(94,95)101-76-82(74-97-84(89)68-61-54-49-48-52-59-66-79(7)10-3)103-86(91)70-63-56-47-42-37-32-27-22-24-28-33-38-43-50-57-64-77(4)5/h15-17,23,77-82,87H,8-14,18-22,24-76H2,1-7H3,(H,92,93)(H,94,95)/b16-15-,23-17-/t78?,79?,80-,81-,82-/m1/s1. The number of allylic oxidation sites excluding steroid dienone is 4. The van der Waals surface area contributed by atoms with E-state index in [9.17, 15) is 43.2 Å². The Morgan fingerprint density at radius 3 is 0.848 bits per heavy atom. The van der Waals surface area contributed by atoms with Crippen LogP contribution in [0.2, 0.25) is 0 Å². The van der Waals surface area contributed by atoms with Crippen LogP contribution in [0.5, 0.6) is 0 Å². The minimum Gasteiger partial charge on any atom is -0.462 e. The van der Waals surface area contributed by atoms with Gasteiger partial charge in [0.1, 0.15) is 19.3 Å². The van der Waals surface area contributed by atoms with Crippen LogP contribution >= 0.6 is 15.6 Å². The first kappa shape index (κ1) is 103.